The number of rotatable bonds is 11. The van der Waals surface area contributed by atoms with Crippen LogP contribution >= 0.6 is 11.6 Å². The Morgan fingerprint density at radius 1 is 1.05 bits per heavy atom. The summed E-state index contributed by atoms with van der Waals surface area (Å²) in [5.41, 5.74) is 8.25. The van der Waals surface area contributed by atoms with Crippen molar-refractivity contribution in [2.75, 3.05) is 13.7 Å². The molecule has 4 rings (SSSR count). The molecule has 1 aliphatic heterocycles. The number of ether oxygens (including phenoxy) is 4. The van der Waals surface area contributed by atoms with Crippen LogP contribution in [0.2, 0.25) is 5.02 Å². The second-order valence-electron chi connectivity index (χ2n) is 9.20. The lowest BCUT2D eigenvalue weighted by atomic mass is 9.83. The minimum absolute atomic E-state index is 0.0142. The van der Waals surface area contributed by atoms with E-state index in [0.717, 1.165) is 18.4 Å². The van der Waals surface area contributed by atoms with Crippen molar-refractivity contribution in [2.45, 2.75) is 44.9 Å². The van der Waals surface area contributed by atoms with Crippen LogP contribution in [-0.4, -0.2) is 19.7 Å². The van der Waals surface area contributed by atoms with Gasteiger partial charge >= 0.3 is 5.97 Å². The van der Waals surface area contributed by atoms with Gasteiger partial charge in [0.15, 0.2) is 11.5 Å². The lowest BCUT2D eigenvalue weighted by molar-refractivity contribution is 0.0734. The highest BCUT2D eigenvalue weighted by molar-refractivity contribution is 6.30. The van der Waals surface area contributed by atoms with Gasteiger partial charge in [0.05, 0.1) is 25.2 Å². The molecule has 0 aliphatic carbocycles. The number of carbonyl (C=O) groups is 1. The van der Waals surface area contributed by atoms with E-state index < -0.39 is 11.9 Å². The molecule has 39 heavy (non-hydrogen) atoms. The summed E-state index contributed by atoms with van der Waals surface area (Å²) in [4.78, 5) is 12.6. The fraction of sp³-hybridized carbons (Fsp3) is 0.290. The Kier molecular flexibility index (Phi) is 9.35. The van der Waals surface area contributed by atoms with Gasteiger partial charge in [0.1, 0.15) is 23.1 Å². The maximum atomic E-state index is 12.6. The highest BCUT2D eigenvalue weighted by atomic mass is 35.5. The summed E-state index contributed by atoms with van der Waals surface area (Å²) < 4.78 is 22.9. The zero-order valence-electron chi connectivity index (χ0n) is 22.0. The number of halogens is 1. The van der Waals surface area contributed by atoms with Gasteiger partial charge in [0.25, 0.3) is 0 Å². The largest absolute Gasteiger partial charge is 0.493 e. The van der Waals surface area contributed by atoms with Gasteiger partial charge in [0.2, 0.25) is 5.88 Å². The number of fused-ring (bicyclic) bond motifs is 1. The van der Waals surface area contributed by atoms with E-state index in [2.05, 4.69) is 13.0 Å². The van der Waals surface area contributed by atoms with Crippen LogP contribution in [0.3, 0.4) is 0 Å². The zero-order valence-corrected chi connectivity index (χ0v) is 22.8. The molecule has 2 N–H and O–H groups in total. The number of carbonyl (C=O) groups excluding carboxylic acids is 1. The first-order valence-electron chi connectivity index (χ1n) is 12.9. The first kappa shape index (κ1) is 27.9. The number of nitrogens with two attached hydrogens (primary N) is 1. The summed E-state index contributed by atoms with van der Waals surface area (Å²) in [6, 6.07) is 19.3. The van der Waals surface area contributed by atoms with E-state index in [1.165, 1.54) is 25.3 Å². The average Bonchev–Trinajstić information content (AvgIpc) is 2.94. The van der Waals surface area contributed by atoms with E-state index in [4.69, 9.17) is 36.3 Å². The molecule has 7 nitrogen and oxygen atoms in total. The van der Waals surface area contributed by atoms with E-state index >= 15 is 0 Å². The van der Waals surface area contributed by atoms with Crippen LogP contribution < -0.4 is 24.7 Å². The molecule has 0 spiro atoms. The molecule has 0 saturated carbocycles. The van der Waals surface area contributed by atoms with Gasteiger partial charge in [-0.25, -0.2) is 4.79 Å². The molecule has 1 atom stereocenters. The summed E-state index contributed by atoms with van der Waals surface area (Å²) in [6.45, 7) is 2.79. The molecule has 0 aromatic heterocycles. The number of esters is 1. The summed E-state index contributed by atoms with van der Waals surface area (Å²) in [5, 5.41) is 10.4. The molecule has 0 radical (unpaired) electrons. The van der Waals surface area contributed by atoms with Gasteiger partial charge < -0.3 is 24.7 Å². The molecule has 202 valence electrons. The Morgan fingerprint density at radius 3 is 2.62 bits per heavy atom. The Balaban J connectivity index is 1.58. The minimum Gasteiger partial charge on any atom is -0.493 e. The van der Waals surface area contributed by atoms with Gasteiger partial charge in [-0.15, -0.1) is 0 Å². The predicted molar refractivity (Wildman–Crippen MR) is 149 cm³/mol. The standard InChI is InChI=1S/C31H31ClN2O5/c1-3-4-5-6-7-15-37-26-14-11-20(17-28(26)36-2)29-24-13-12-23(18-27(24)39-30(34)25(29)19-33)38-31(35)21-9-8-10-22(32)16-21/h8-14,16-18,29H,3-7,15,34H2,1-2H3. The van der Waals surface area contributed by atoms with Crippen molar-refractivity contribution in [1.29, 1.82) is 5.26 Å². The number of nitriles is 1. The third-order valence-corrected chi connectivity index (χ3v) is 6.72. The van der Waals surface area contributed by atoms with Crippen LogP contribution in [0, 0.1) is 11.3 Å². The maximum absolute atomic E-state index is 12.6. The predicted octanol–water partition coefficient (Wildman–Crippen LogP) is 7.14. The van der Waals surface area contributed by atoms with Crippen LogP contribution in [-0.2, 0) is 0 Å². The summed E-state index contributed by atoms with van der Waals surface area (Å²) >= 11 is 5.99. The second kappa shape index (κ2) is 13.1. The summed E-state index contributed by atoms with van der Waals surface area (Å²) in [6.07, 6.45) is 5.73. The van der Waals surface area contributed by atoms with Crippen LogP contribution in [0.5, 0.6) is 23.0 Å². The third-order valence-electron chi connectivity index (χ3n) is 6.49. The number of benzene rings is 3. The Hall–Kier alpha value is -4.15. The van der Waals surface area contributed by atoms with E-state index in [1.54, 1.807) is 43.5 Å². The molecule has 1 unspecified atom stereocenters. The number of unbranched alkanes of at least 4 members (excludes halogenated alkanes) is 4. The topological polar surface area (TPSA) is 104 Å². The second-order valence-corrected chi connectivity index (χ2v) is 9.63. The van der Waals surface area contributed by atoms with Gasteiger partial charge in [0, 0.05) is 16.7 Å². The third kappa shape index (κ3) is 6.65. The van der Waals surface area contributed by atoms with E-state index in [-0.39, 0.29) is 17.2 Å². The molecule has 8 heteroatoms. The van der Waals surface area contributed by atoms with Crippen LogP contribution in [0.25, 0.3) is 0 Å². The lowest BCUT2D eigenvalue weighted by Crippen LogP contribution is -2.21. The molecular weight excluding hydrogens is 516 g/mol. The summed E-state index contributed by atoms with van der Waals surface area (Å²) in [5.74, 6) is 0.787. The molecule has 1 aliphatic rings. The maximum Gasteiger partial charge on any atom is 0.343 e. The van der Waals surface area contributed by atoms with Crippen molar-refractivity contribution in [3.8, 4) is 29.1 Å². The van der Waals surface area contributed by atoms with Crippen molar-refractivity contribution in [3.63, 3.8) is 0 Å². The van der Waals surface area contributed by atoms with Gasteiger partial charge in [-0.2, -0.15) is 5.26 Å². The van der Waals surface area contributed by atoms with E-state index in [0.29, 0.717) is 40.0 Å². The van der Waals surface area contributed by atoms with Gasteiger partial charge in [-0.1, -0.05) is 62.4 Å². The molecule has 0 amide bonds. The molecule has 0 saturated heterocycles. The Morgan fingerprint density at radius 2 is 1.87 bits per heavy atom. The van der Waals surface area contributed by atoms with Crippen molar-refractivity contribution < 1.29 is 23.7 Å². The van der Waals surface area contributed by atoms with Crippen LogP contribution in [0.1, 0.15) is 66.4 Å². The molecule has 3 aromatic carbocycles. The van der Waals surface area contributed by atoms with Crippen molar-refractivity contribution in [2.24, 2.45) is 5.73 Å². The summed E-state index contributed by atoms with van der Waals surface area (Å²) in [7, 11) is 1.58. The highest BCUT2D eigenvalue weighted by Gasteiger charge is 2.32. The SMILES string of the molecule is CCCCCCCOc1ccc(C2C(C#N)=C(N)Oc3cc(OC(=O)c4cccc(Cl)c4)ccc32)cc1OC. The van der Waals surface area contributed by atoms with E-state index in [1.807, 2.05) is 18.2 Å². The Bertz CT molecular complexity index is 1410. The fourth-order valence-corrected chi connectivity index (χ4v) is 4.68. The van der Waals surface area contributed by atoms with Crippen molar-refractivity contribution >= 4 is 17.6 Å². The molecule has 0 bridgehead atoms. The number of nitrogens with zero attached hydrogens (tertiary/aromatic N) is 1. The van der Waals surface area contributed by atoms with Gasteiger partial charge in [-0.05, 0) is 48.4 Å². The first-order chi connectivity index (χ1) is 18.9. The molecule has 1 heterocycles. The van der Waals surface area contributed by atoms with Crippen molar-refractivity contribution in [3.05, 3.63) is 93.8 Å². The molecular formula is C31H31ClN2O5. The number of hydrogen-bond donors (Lipinski definition) is 1. The zero-order chi connectivity index (χ0) is 27.8. The fourth-order valence-electron chi connectivity index (χ4n) is 4.49. The smallest absolute Gasteiger partial charge is 0.343 e. The van der Waals surface area contributed by atoms with Crippen molar-refractivity contribution in [1.82, 2.24) is 0 Å². The normalized spacial score (nSPS) is 14.2. The van der Waals surface area contributed by atoms with E-state index in [9.17, 15) is 10.1 Å². The minimum atomic E-state index is -0.559. The molecule has 0 fully saturated rings. The highest BCUT2D eigenvalue weighted by Crippen LogP contribution is 2.45. The monoisotopic (exact) mass is 546 g/mol. The number of hydrogen-bond acceptors (Lipinski definition) is 7. The number of methoxy groups -OCH3 is 1. The first-order valence-corrected chi connectivity index (χ1v) is 13.3. The van der Waals surface area contributed by atoms with Crippen LogP contribution in [0.4, 0.5) is 0 Å². The lowest BCUT2D eigenvalue weighted by Gasteiger charge is -2.27. The van der Waals surface area contributed by atoms with Gasteiger partial charge in [-0.3, -0.25) is 0 Å². The number of allylic oxidation sites excluding steroid dienone is 1. The average molecular weight is 547 g/mol. The molecule has 3 aromatic rings. The van der Waals surface area contributed by atoms with Crippen LogP contribution in [0.15, 0.2) is 72.1 Å². The Labute approximate surface area is 233 Å². The quantitative estimate of drug-likeness (QED) is 0.155.